The fourth-order valence-corrected chi connectivity index (χ4v) is 4.99. The lowest BCUT2D eigenvalue weighted by molar-refractivity contribution is -0.134. The fourth-order valence-electron chi connectivity index (χ4n) is 4.99. The number of nitrogens with one attached hydrogen (secondary N) is 1. The monoisotopic (exact) mass is 398 g/mol. The maximum absolute atomic E-state index is 12.2. The number of amides is 2. The molecule has 6 nitrogen and oxygen atoms in total. The Morgan fingerprint density at radius 3 is 2.62 bits per heavy atom. The Morgan fingerprint density at radius 1 is 1.17 bits per heavy atom. The van der Waals surface area contributed by atoms with Crippen LogP contribution in [0.4, 0.5) is 5.69 Å². The first-order valence-electron chi connectivity index (χ1n) is 11.1. The van der Waals surface area contributed by atoms with Crippen LogP contribution in [0.25, 0.3) is 0 Å². The van der Waals surface area contributed by atoms with E-state index >= 15 is 0 Å². The highest BCUT2D eigenvalue weighted by atomic mass is 16.2. The molecule has 2 aliphatic heterocycles. The molecule has 2 saturated heterocycles. The predicted molar refractivity (Wildman–Crippen MR) is 115 cm³/mol. The van der Waals surface area contributed by atoms with Gasteiger partial charge in [0.1, 0.15) is 0 Å². The van der Waals surface area contributed by atoms with E-state index < -0.39 is 0 Å². The molecule has 0 radical (unpaired) electrons. The van der Waals surface area contributed by atoms with Crippen molar-refractivity contribution < 1.29 is 9.59 Å². The molecule has 1 aromatic carbocycles. The van der Waals surface area contributed by atoms with Crippen molar-refractivity contribution in [1.29, 1.82) is 0 Å². The molecular formula is C23H34N4O2. The molecule has 3 aliphatic rings. The smallest absolute Gasteiger partial charge is 0.234 e. The van der Waals surface area contributed by atoms with E-state index in [1.807, 2.05) is 12.1 Å². The highest BCUT2D eigenvalue weighted by molar-refractivity contribution is 6.01. The SMILES string of the molecule is CN(CCC1CCN(c2cccc(C3CCC(=O)NC3=O)c2)CC1)C1CC(N)C1. The molecule has 2 heterocycles. The van der Waals surface area contributed by atoms with Crippen molar-refractivity contribution in [2.24, 2.45) is 11.7 Å². The summed E-state index contributed by atoms with van der Waals surface area (Å²) in [4.78, 5) is 28.6. The topological polar surface area (TPSA) is 78.7 Å². The van der Waals surface area contributed by atoms with E-state index in [1.54, 1.807) is 0 Å². The fraction of sp³-hybridized carbons (Fsp3) is 0.652. The first-order valence-corrected chi connectivity index (χ1v) is 11.1. The third kappa shape index (κ3) is 4.81. The van der Waals surface area contributed by atoms with Crippen LogP contribution in [0, 0.1) is 5.92 Å². The van der Waals surface area contributed by atoms with Crippen LogP contribution in [-0.4, -0.2) is 55.5 Å². The zero-order chi connectivity index (χ0) is 20.4. The van der Waals surface area contributed by atoms with Gasteiger partial charge in [-0.05, 0) is 75.7 Å². The average Bonchev–Trinajstić information content (AvgIpc) is 2.70. The molecule has 1 saturated carbocycles. The summed E-state index contributed by atoms with van der Waals surface area (Å²) in [7, 11) is 2.24. The second-order valence-corrected chi connectivity index (χ2v) is 9.18. The molecule has 1 aromatic rings. The minimum Gasteiger partial charge on any atom is -0.372 e. The Balaban J connectivity index is 1.27. The number of nitrogens with two attached hydrogens (primary N) is 1. The van der Waals surface area contributed by atoms with Gasteiger partial charge in [-0.3, -0.25) is 14.9 Å². The lowest BCUT2D eigenvalue weighted by Crippen LogP contribution is -2.49. The summed E-state index contributed by atoms with van der Waals surface area (Å²) >= 11 is 0. The third-order valence-electron chi connectivity index (χ3n) is 7.15. The van der Waals surface area contributed by atoms with Crippen LogP contribution in [0.2, 0.25) is 0 Å². The molecule has 4 rings (SSSR count). The number of carbonyl (C=O) groups excluding carboxylic acids is 2. The first-order chi connectivity index (χ1) is 14.0. The van der Waals surface area contributed by atoms with Gasteiger partial charge in [-0.1, -0.05) is 12.1 Å². The van der Waals surface area contributed by atoms with Gasteiger partial charge in [0.25, 0.3) is 0 Å². The van der Waals surface area contributed by atoms with Crippen molar-refractivity contribution in [2.75, 3.05) is 31.6 Å². The van der Waals surface area contributed by atoms with Gasteiger partial charge in [0.05, 0.1) is 5.92 Å². The summed E-state index contributed by atoms with van der Waals surface area (Å²) in [6, 6.07) is 9.45. The van der Waals surface area contributed by atoms with Crippen LogP contribution in [0.15, 0.2) is 24.3 Å². The van der Waals surface area contributed by atoms with Crippen molar-refractivity contribution in [1.82, 2.24) is 10.2 Å². The molecule has 158 valence electrons. The molecule has 1 unspecified atom stereocenters. The Kier molecular flexibility index (Phi) is 6.20. The molecule has 0 spiro atoms. The predicted octanol–water partition coefficient (Wildman–Crippen LogP) is 2.23. The summed E-state index contributed by atoms with van der Waals surface area (Å²) in [6.07, 6.45) is 7.05. The molecule has 1 aliphatic carbocycles. The lowest BCUT2D eigenvalue weighted by atomic mass is 9.86. The van der Waals surface area contributed by atoms with E-state index in [4.69, 9.17) is 5.73 Å². The van der Waals surface area contributed by atoms with E-state index in [-0.39, 0.29) is 17.7 Å². The van der Waals surface area contributed by atoms with Gasteiger partial charge in [-0.25, -0.2) is 0 Å². The number of imide groups is 1. The molecule has 0 bridgehead atoms. The van der Waals surface area contributed by atoms with Crippen molar-refractivity contribution in [3.63, 3.8) is 0 Å². The van der Waals surface area contributed by atoms with E-state index in [1.165, 1.54) is 31.5 Å². The normalized spacial score (nSPS) is 28.4. The summed E-state index contributed by atoms with van der Waals surface area (Å²) in [5, 5.41) is 2.47. The number of piperidine rings is 2. The van der Waals surface area contributed by atoms with Crippen molar-refractivity contribution >= 4 is 17.5 Å². The van der Waals surface area contributed by atoms with Crippen LogP contribution in [0.3, 0.4) is 0 Å². The number of hydrogen-bond donors (Lipinski definition) is 2. The minimum absolute atomic E-state index is 0.157. The molecule has 1 atom stereocenters. The van der Waals surface area contributed by atoms with Crippen LogP contribution < -0.4 is 16.0 Å². The highest BCUT2D eigenvalue weighted by Crippen LogP contribution is 2.31. The number of carbonyl (C=O) groups is 2. The van der Waals surface area contributed by atoms with Gasteiger partial charge < -0.3 is 15.5 Å². The molecule has 0 aromatic heterocycles. The quantitative estimate of drug-likeness (QED) is 0.719. The van der Waals surface area contributed by atoms with Gasteiger partial charge in [0.15, 0.2) is 0 Å². The van der Waals surface area contributed by atoms with E-state index in [2.05, 4.69) is 34.3 Å². The number of hydrogen-bond acceptors (Lipinski definition) is 5. The van der Waals surface area contributed by atoms with Crippen molar-refractivity contribution in [2.45, 2.75) is 62.9 Å². The second kappa shape index (κ2) is 8.84. The summed E-state index contributed by atoms with van der Waals surface area (Å²) < 4.78 is 0. The average molecular weight is 399 g/mol. The van der Waals surface area contributed by atoms with Crippen LogP contribution in [0.5, 0.6) is 0 Å². The summed E-state index contributed by atoms with van der Waals surface area (Å²) in [6.45, 7) is 3.32. The van der Waals surface area contributed by atoms with E-state index in [9.17, 15) is 9.59 Å². The maximum atomic E-state index is 12.2. The Morgan fingerprint density at radius 2 is 1.93 bits per heavy atom. The number of rotatable bonds is 6. The molecule has 29 heavy (non-hydrogen) atoms. The van der Waals surface area contributed by atoms with Gasteiger partial charge in [0, 0.05) is 37.3 Å². The largest absolute Gasteiger partial charge is 0.372 e. The minimum atomic E-state index is -0.208. The Hall–Kier alpha value is -1.92. The molecule has 6 heteroatoms. The standard InChI is InChI=1S/C23H34N4O2/c1-26(20-14-18(24)15-20)10-7-16-8-11-27(12-9-16)19-4-2-3-17(13-19)21-5-6-22(28)25-23(21)29/h2-4,13,16,18,20-21H,5-12,14-15,24H2,1H3,(H,25,28,29). The summed E-state index contributed by atoms with van der Waals surface area (Å²) in [5.74, 6) is 0.269. The van der Waals surface area contributed by atoms with Crippen LogP contribution in [0.1, 0.15) is 56.4 Å². The Bertz CT molecular complexity index is 738. The van der Waals surface area contributed by atoms with Crippen LogP contribution >= 0.6 is 0 Å². The van der Waals surface area contributed by atoms with Crippen molar-refractivity contribution in [3.05, 3.63) is 29.8 Å². The molecule has 3 fully saturated rings. The van der Waals surface area contributed by atoms with Gasteiger partial charge in [0.2, 0.25) is 11.8 Å². The maximum Gasteiger partial charge on any atom is 0.234 e. The van der Waals surface area contributed by atoms with Crippen molar-refractivity contribution in [3.8, 4) is 0 Å². The first kappa shape index (κ1) is 20.4. The van der Waals surface area contributed by atoms with Gasteiger partial charge >= 0.3 is 0 Å². The van der Waals surface area contributed by atoms with E-state index in [0.29, 0.717) is 24.9 Å². The van der Waals surface area contributed by atoms with E-state index in [0.717, 1.165) is 37.4 Å². The second-order valence-electron chi connectivity index (χ2n) is 9.18. The highest BCUT2D eigenvalue weighted by Gasteiger charge is 2.30. The Labute approximate surface area is 173 Å². The zero-order valence-corrected chi connectivity index (χ0v) is 17.5. The molecular weight excluding hydrogens is 364 g/mol. The van der Waals surface area contributed by atoms with Gasteiger partial charge in [-0.15, -0.1) is 0 Å². The molecule has 2 amide bonds. The van der Waals surface area contributed by atoms with Gasteiger partial charge in [-0.2, -0.15) is 0 Å². The third-order valence-corrected chi connectivity index (χ3v) is 7.15. The molecule has 3 N–H and O–H groups in total. The summed E-state index contributed by atoms with van der Waals surface area (Å²) in [5.41, 5.74) is 8.14. The van der Waals surface area contributed by atoms with Crippen LogP contribution in [-0.2, 0) is 9.59 Å². The zero-order valence-electron chi connectivity index (χ0n) is 17.5. The number of nitrogens with zero attached hydrogens (tertiary/aromatic N) is 2. The lowest BCUT2D eigenvalue weighted by Gasteiger charge is -2.40. The number of anilines is 1. The number of benzene rings is 1.